The maximum absolute atomic E-state index is 14.3. The first-order valence-electron chi connectivity index (χ1n) is 22.3. The Hall–Kier alpha value is -3.04. The number of ether oxygens (including phenoxy) is 1. The van der Waals surface area contributed by atoms with Gasteiger partial charge in [-0.1, -0.05) is 98.2 Å². The number of hydrogen-bond acceptors (Lipinski definition) is 7. The van der Waals surface area contributed by atoms with Crippen LogP contribution >= 0.6 is 0 Å². The number of allylic oxidation sites excluding steroid dienone is 1. The largest absolute Gasteiger partial charge is 0.481 e. The first-order chi connectivity index (χ1) is 26.9. The van der Waals surface area contributed by atoms with Crippen molar-refractivity contribution in [3.63, 3.8) is 0 Å². The monoisotopic (exact) mass is 803 g/mol. The quantitative estimate of drug-likeness (QED) is 0.190. The van der Waals surface area contributed by atoms with Crippen molar-refractivity contribution in [3.05, 3.63) is 47.0 Å². The SMILES string of the molecule is CC(C)C1=C2[C@H]3CC[C@@H]4[C@@]5(C)CC[C@H](OC(=O)CC(C)(C)CC(=O)O)C(C)(C)[C@@H]5CC[C@@]4(C)[C@]3(C)CC[C@@]2([C@@H](O)CN(Cc2ccccc2)C(=O)CN(C)C)CC1=O. The Morgan fingerprint density at radius 2 is 1.55 bits per heavy atom. The van der Waals surface area contributed by atoms with E-state index in [1.165, 1.54) is 5.57 Å². The molecule has 4 fully saturated rings. The summed E-state index contributed by atoms with van der Waals surface area (Å²) in [5, 5.41) is 22.0. The predicted molar refractivity (Wildman–Crippen MR) is 226 cm³/mol. The summed E-state index contributed by atoms with van der Waals surface area (Å²) < 4.78 is 6.28. The van der Waals surface area contributed by atoms with Gasteiger partial charge in [-0.2, -0.15) is 0 Å². The smallest absolute Gasteiger partial charge is 0.306 e. The summed E-state index contributed by atoms with van der Waals surface area (Å²) in [6, 6.07) is 9.97. The molecule has 322 valence electrons. The van der Waals surface area contributed by atoms with Crippen LogP contribution in [0.25, 0.3) is 0 Å². The fourth-order valence-electron chi connectivity index (χ4n) is 14.2. The number of benzene rings is 1. The summed E-state index contributed by atoms with van der Waals surface area (Å²) in [6.07, 6.45) is 6.73. The molecule has 9 nitrogen and oxygen atoms in total. The molecule has 0 saturated heterocycles. The average Bonchev–Trinajstić information content (AvgIpc) is 3.42. The Labute approximate surface area is 348 Å². The molecule has 0 aromatic heterocycles. The van der Waals surface area contributed by atoms with Crippen molar-refractivity contribution < 1.29 is 34.1 Å². The van der Waals surface area contributed by atoms with E-state index in [9.17, 15) is 29.4 Å². The number of Topliss-reactive ketones (excluding diaryl/α,β-unsaturated/α-hetero) is 1. The summed E-state index contributed by atoms with van der Waals surface area (Å²) >= 11 is 0. The minimum atomic E-state index is -0.908. The molecule has 6 rings (SSSR count). The molecule has 0 unspecified atom stereocenters. The number of nitrogens with zero attached hydrogens (tertiary/aromatic N) is 2. The van der Waals surface area contributed by atoms with Crippen molar-refractivity contribution in [1.82, 2.24) is 9.80 Å². The maximum Gasteiger partial charge on any atom is 0.306 e. The van der Waals surface area contributed by atoms with Gasteiger partial charge < -0.3 is 24.7 Å². The molecule has 1 aromatic carbocycles. The minimum absolute atomic E-state index is 0.000473. The minimum Gasteiger partial charge on any atom is -0.481 e. The topological polar surface area (TPSA) is 124 Å². The van der Waals surface area contributed by atoms with Gasteiger partial charge >= 0.3 is 11.9 Å². The number of rotatable bonds is 13. The fraction of sp³-hybridized carbons (Fsp3) is 0.755. The van der Waals surface area contributed by atoms with Crippen LogP contribution < -0.4 is 0 Å². The Morgan fingerprint density at radius 1 is 0.879 bits per heavy atom. The fourth-order valence-corrected chi connectivity index (χ4v) is 14.2. The van der Waals surface area contributed by atoms with Gasteiger partial charge in [-0.3, -0.25) is 19.2 Å². The molecule has 1 aromatic rings. The zero-order chi connectivity index (χ0) is 42.8. The lowest BCUT2D eigenvalue weighted by molar-refractivity contribution is -0.235. The summed E-state index contributed by atoms with van der Waals surface area (Å²) in [6.45, 7) is 20.9. The highest BCUT2D eigenvalue weighted by molar-refractivity contribution is 6.00. The van der Waals surface area contributed by atoms with Gasteiger partial charge in [-0.15, -0.1) is 0 Å². The number of likely N-dealkylation sites (N-methyl/N-ethyl adjacent to an activating group) is 1. The zero-order valence-electron chi connectivity index (χ0n) is 37.6. The molecule has 2 N–H and O–H groups in total. The van der Waals surface area contributed by atoms with Crippen molar-refractivity contribution in [2.75, 3.05) is 27.2 Å². The Bertz CT molecular complexity index is 1780. The van der Waals surface area contributed by atoms with Gasteiger partial charge in [-0.05, 0) is 122 Å². The molecule has 0 bridgehead atoms. The molecule has 9 heteroatoms. The van der Waals surface area contributed by atoms with Gasteiger partial charge in [0, 0.05) is 30.3 Å². The summed E-state index contributed by atoms with van der Waals surface area (Å²) in [5.41, 5.74) is 1.50. The number of carboxylic acid groups (broad SMARTS) is 1. The lowest BCUT2D eigenvalue weighted by Crippen LogP contribution is -2.66. The van der Waals surface area contributed by atoms with Crippen LogP contribution in [0.1, 0.15) is 139 Å². The predicted octanol–water partition coefficient (Wildman–Crippen LogP) is 8.72. The average molecular weight is 803 g/mol. The molecule has 0 radical (unpaired) electrons. The molecule has 4 saturated carbocycles. The number of aliphatic hydroxyl groups excluding tert-OH is 1. The van der Waals surface area contributed by atoms with E-state index in [0.717, 1.165) is 62.5 Å². The van der Waals surface area contributed by atoms with Crippen LogP contribution in [0.15, 0.2) is 41.5 Å². The van der Waals surface area contributed by atoms with Gasteiger partial charge in [0.05, 0.1) is 25.5 Å². The molecule has 0 aliphatic heterocycles. The molecular weight excluding hydrogens is 729 g/mol. The van der Waals surface area contributed by atoms with Crippen LogP contribution in [0.4, 0.5) is 0 Å². The Kier molecular flexibility index (Phi) is 12.1. The van der Waals surface area contributed by atoms with Crippen molar-refractivity contribution in [3.8, 4) is 0 Å². The molecule has 5 aliphatic carbocycles. The van der Waals surface area contributed by atoms with Crippen LogP contribution in [-0.2, 0) is 30.5 Å². The van der Waals surface area contributed by atoms with Crippen molar-refractivity contribution in [2.24, 2.45) is 56.2 Å². The number of aliphatic hydroxyl groups is 1. The number of ketones is 1. The molecule has 1 amide bonds. The van der Waals surface area contributed by atoms with E-state index in [-0.39, 0.29) is 83.2 Å². The first kappa shape index (κ1) is 44.5. The van der Waals surface area contributed by atoms with Crippen molar-refractivity contribution >= 4 is 23.6 Å². The van der Waals surface area contributed by atoms with Gasteiger partial charge in [0.1, 0.15) is 6.10 Å². The third kappa shape index (κ3) is 7.62. The lowest BCUT2D eigenvalue weighted by Gasteiger charge is -2.72. The van der Waals surface area contributed by atoms with Gasteiger partial charge in [0.2, 0.25) is 5.91 Å². The van der Waals surface area contributed by atoms with E-state index in [0.29, 0.717) is 24.8 Å². The first-order valence-corrected chi connectivity index (χ1v) is 22.3. The van der Waals surface area contributed by atoms with E-state index in [1.807, 2.05) is 68.1 Å². The third-order valence-corrected chi connectivity index (χ3v) is 17.0. The zero-order valence-corrected chi connectivity index (χ0v) is 37.6. The van der Waals surface area contributed by atoms with Crippen LogP contribution in [0, 0.1) is 56.2 Å². The number of aliphatic carboxylic acids is 1. The second-order valence-corrected chi connectivity index (χ2v) is 22.1. The van der Waals surface area contributed by atoms with E-state index in [4.69, 9.17) is 4.74 Å². The van der Waals surface area contributed by atoms with E-state index < -0.39 is 22.9 Å². The van der Waals surface area contributed by atoms with Crippen LogP contribution in [0.5, 0.6) is 0 Å². The van der Waals surface area contributed by atoms with Gasteiger partial charge in [0.25, 0.3) is 0 Å². The van der Waals surface area contributed by atoms with Gasteiger partial charge in [-0.25, -0.2) is 0 Å². The summed E-state index contributed by atoms with van der Waals surface area (Å²) in [5.74, 6) is -0.0532. The summed E-state index contributed by atoms with van der Waals surface area (Å²) in [4.78, 5) is 56.5. The third-order valence-electron chi connectivity index (χ3n) is 17.0. The highest BCUT2D eigenvalue weighted by Crippen LogP contribution is 2.77. The standard InChI is InChI=1S/C49H74N2O7/c1-31(2)42-34(52)25-49(37(53)29-51(39(54)30-50(10)11)28-32-15-13-12-14-16-32)24-23-47(8)33(43(42)49)17-18-36-46(7)21-20-38(45(5,6)35(46)19-22-48(36,47)9)58-41(57)27-44(3,4)26-40(55)56/h12-16,31,33,35-38,53H,17-30H2,1-11H3,(H,55,56)/t33-,35+,36-,37+,38+,46+,47-,48-,49+/m1/s1. The Morgan fingerprint density at radius 3 is 2.17 bits per heavy atom. The number of amides is 1. The number of carboxylic acids is 1. The number of esters is 1. The van der Waals surface area contributed by atoms with Gasteiger partial charge in [0.15, 0.2) is 5.78 Å². The molecule has 58 heavy (non-hydrogen) atoms. The second-order valence-electron chi connectivity index (χ2n) is 22.1. The maximum atomic E-state index is 14.3. The molecular formula is C49H74N2O7. The highest BCUT2D eigenvalue weighted by atomic mass is 16.5. The van der Waals surface area contributed by atoms with Crippen LogP contribution in [0.3, 0.4) is 0 Å². The number of carbonyl (C=O) groups is 4. The van der Waals surface area contributed by atoms with Crippen LogP contribution in [-0.4, -0.2) is 83.0 Å². The van der Waals surface area contributed by atoms with E-state index in [1.54, 1.807) is 0 Å². The van der Waals surface area contributed by atoms with E-state index >= 15 is 0 Å². The summed E-state index contributed by atoms with van der Waals surface area (Å²) in [7, 11) is 3.78. The number of fused-ring (bicyclic) bond motifs is 7. The van der Waals surface area contributed by atoms with E-state index in [2.05, 4.69) is 48.5 Å². The molecule has 0 heterocycles. The molecule has 0 spiro atoms. The molecule has 9 atom stereocenters. The highest BCUT2D eigenvalue weighted by Gasteiger charge is 2.71. The number of hydrogen-bond donors (Lipinski definition) is 2. The normalized spacial score (nSPS) is 34.8. The van der Waals surface area contributed by atoms with Crippen molar-refractivity contribution in [1.29, 1.82) is 0 Å². The lowest BCUT2D eigenvalue weighted by atomic mass is 9.33. The second kappa shape index (κ2) is 15.8. The number of carbonyl (C=O) groups excluding carboxylic acids is 3. The Balaban J connectivity index is 1.29. The van der Waals surface area contributed by atoms with Crippen LogP contribution in [0.2, 0.25) is 0 Å². The van der Waals surface area contributed by atoms with Crippen molar-refractivity contribution in [2.45, 2.75) is 152 Å². The molecule has 5 aliphatic rings.